The lowest BCUT2D eigenvalue weighted by Gasteiger charge is -2.16. The van der Waals surface area contributed by atoms with Crippen LogP contribution in [0.5, 0.6) is 0 Å². The maximum atomic E-state index is 13.1. The third-order valence-corrected chi connectivity index (χ3v) is 6.31. The monoisotopic (exact) mass is 502 g/mol. The summed E-state index contributed by atoms with van der Waals surface area (Å²) in [5.74, 6) is 0. The summed E-state index contributed by atoms with van der Waals surface area (Å²) in [6.07, 6.45) is 0.244. The number of nitriles is 1. The molecule has 4 heterocycles. The maximum absolute atomic E-state index is 13.1. The number of alkyl halides is 3. The van der Waals surface area contributed by atoms with Crippen LogP contribution in [-0.2, 0) is 18.6 Å². The number of imidazole rings is 1. The Balaban J connectivity index is 1.57. The summed E-state index contributed by atoms with van der Waals surface area (Å²) >= 11 is 0. The molecule has 0 spiro atoms. The molecule has 0 saturated carbocycles. The summed E-state index contributed by atoms with van der Waals surface area (Å²) in [4.78, 5) is 23.9. The van der Waals surface area contributed by atoms with Crippen molar-refractivity contribution in [2.75, 3.05) is 0 Å². The van der Waals surface area contributed by atoms with Crippen LogP contribution in [0.3, 0.4) is 0 Å². The molecule has 0 fully saturated rings. The molecule has 186 valence electrons. The molecule has 10 heteroatoms. The van der Waals surface area contributed by atoms with Crippen molar-refractivity contribution in [3.8, 4) is 34.3 Å². The van der Waals surface area contributed by atoms with Gasteiger partial charge in [0.15, 0.2) is 0 Å². The van der Waals surface area contributed by atoms with Gasteiger partial charge in [0.25, 0.3) is 0 Å². The fourth-order valence-electron chi connectivity index (χ4n) is 4.16. The Bertz CT molecular complexity index is 1730. The van der Waals surface area contributed by atoms with E-state index < -0.39 is 17.3 Å². The molecule has 0 aliphatic heterocycles. The zero-order chi connectivity index (χ0) is 26.5. The number of nitrogens with zero attached hydrogens (tertiary/aromatic N) is 5. The average Bonchev–Trinajstić information content (AvgIpc) is 3.45. The van der Waals surface area contributed by atoms with E-state index in [9.17, 15) is 23.2 Å². The van der Waals surface area contributed by atoms with Crippen molar-refractivity contribution in [3.63, 3.8) is 0 Å². The number of fused-ring (bicyclic) bond motifs is 1. The van der Waals surface area contributed by atoms with Crippen molar-refractivity contribution in [1.29, 1.82) is 5.26 Å². The van der Waals surface area contributed by atoms with Crippen LogP contribution in [0.15, 0.2) is 71.9 Å². The van der Waals surface area contributed by atoms with Crippen LogP contribution in [0.2, 0.25) is 0 Å². The first kappa shape index (κ1) is 24.1. The standard InChI is InChI=1S/C27H21F3N6O/c1-26(2,15-31)19-4-6-20(7-5-19)36-22(14-35(3)25(36)37)21-11-16(8-9-32-21)18-10-17-12-23(27(28,29)30)34-24(17)33-13-18/h4-14H,1-3H3,(H,33,34). The Kier molecular flexibility index (Phi) is 5.52. The second kappa shape index (κ2) is 8.48. The average molecular weight is 503 g/mol. The van der Waals surface area contributed by atoms with E-state index in [1.165, 1.54) is 15.3 Å². The van der Waals surface area contributed by atoms with Crippen molar-refractivity contribution in [2.24, 2.45) is 7.05 Å². The lowest BCUT2D eigenvalue weighted by Crippen LogP contribution is -2.21. The minimum absolute atomic E-state index is 0.144. The Morgan fingerprint density at radius 2 is 1.73 bits per heavy atom. The number of rotatable bonds is 4. The number of hydrogen-bond donors (Lipinski definition) is 1. The minimum Gasteiger partial charge on any atom is -0.336 e. The van der Waals surface area contributed by atoms with Gasteiger partial charge in [0.2, 0.25) is 0 Å². The summed E-state index contributed by atoms with van der Waals surface area (Å²) in [6.45, 7) is 3.64. The Hall–Kier alpha value is -4.65. The predicted octanol–water partition coefficient (Wildman–Crippen LogP) is 5.60. The van der Waals surface area contributed by atoms with E-state index in [1.54, 1.807) is 49.8 Å². The second-order valence-electron chi connectivity index (χ2n) is 9.30. The third-order valence-electron chi connectivity index (χ3n) is 6.31. The van der Waals surface area contributed by atoms with Crippen LogP contribution < -0.4 is 5.69 Å². The molecule has 1 N–H and O–H groups in total. The zero-order valence-electron chi connectivity index (χ0n) is 20.1. The second-order valence-corrected chi connectivity index (χ2v) is 9.30. The highest BCUT2D eigenvalue weighted by Crippen LogP contribution is 2.33. The minimum atomic E-state index is -4.50. The van der Waals surface area contributed by atoms with Crippen molar-refractivity contribution in [2.45, 2.75) is 25.4 Å². The smallest absolute Gasteiger partial charge is 0.336 e. The molecule has 1 aromatic carbocycles. The van der Waals surface area contributed by atoms with Gasteiger partial charge in [-0.05, 0) is 61.4 Å². The molecule has 5 aromatic rings. The van der Waals surface area contributed by atoms with Crippen LogP contribution in [0.1, 0.15) is 25.1 Å². The van der Waals surface area contributed by atoms with Crippen molar-refractivity contribution < 1.29 is 13.2 Å². The van der Waals surface area contributed by atoms with Crippen molar-refractivity contribution in [1.82, 2.24) is 24.1 Å². The summed E-state index contributed by atoms with van der Waals surface area (Å²) in [5, 5.41) is 9.75. The number of H-pyrrole nitrogens is 1. The van der Waals surface area contributed by atoms with Crippen LogP contribution in [-0.4, -0.2) is 24.1 Å². The number of aryl methyl sites for hydroxylation is 1. The molecule has 7 nitrogen and oxygen atoms in total. The molecule has 0 bridgehead atoms. The molecule has 37 heavy (non-hydrogen) atoms. The van der Waals surface area contributed by atoms with E-state index >= 15 is 0 Å². The highest BCUT2D eigenvalue weighted by Gasteiger charge is 2.32. The first-order valence-electron chi connectivity index (χ1n) is 11.3. The largest absolute Gasteiger partial charge is 0.431 e. The molecule has 0 atom stereocenters. The van der Waals surface area contributed by atoms with Crippen LogP contribution >= 0.6 is 0 Å². The number of nitrogens with one attached hydrogen (secondary N) is 1. The summed E-state index contributed by atoms with van der Waals surface area (Å²) < 4.78 is 42.2. The summed E-state index contributed by atoms with van der Waals surface area (Å²) in [5.41, 5.74) is 2.10. The molecule has 0 amide bonds. The van der Waals surface area contributed by atoms with Gasteiger partial charge in [-0.1, -0.05) is 12.1 Å². The topological polar surface area (TPSA) is 92.3 Å². The van der Waals surface area contributed by atoms with E-state index in [1.807, 2.05) is 26.0 Å². The van der Waals surface area contributed by atoms with Gasteiger partial charge in [-0.15, -0.1) is 0 Å². The van der Waals surface area contributed by atoms with Gasteiger partial charge in [0.05, 0.1) is 28.6 Å². The molecule has 5 rings (SSSR count). The van der Waals surface area contributed by atoms with E-state index in [4.69, 9.17) is 0 Å². The molecule has 0 saturated heterocycles. The normalized spacial score (nSPS) is 12.1. The van der Waals surface area contributed by atoms with Crippen molar-refractivity contribution in [3.05, 3.63) is 88.9 Å². The SMILES string of the molecule is Cn1cc(-c2cc(-c3cnc4[nH]c(C(F)(F)F)cc4c3)ccn2)n(-c2ccc(C(C)(C)C#N)cc2)c1=O. The van der Waals surface area contributed by atoms with Gasteiger partial charge in [-0.25, -0.2) is 9.78 Å². The third kappa shape index (κ3) is 4.29. The fraction of sp³-hybridized carbons (Fsp3) is 0.185. The van der Waals surface area contributed by atoms with Gasteiger partial charge in [-0.2, -0.15) is 18.4 Å². The van der Waals surface area contributed by atoms with Gasteiger partial charge < -0.3 is 9.55 Å². The van der Waals surface area contributed by atoms with Gasteiger partial charge in [-0.3, -0.25) is 9.55 Å². The highest BCUT2D eigenvalue weighted by atomic mass is 19.4. The first-order valence-corrected chi connectivity index (χ1v) is 11.3. The number of aromatic nitrogens is 5. The maximum Gasteiger partial charge on any atom is 0.431 e. The molecule has 0 radical (unpaired) electrons. The summed E-state index contributed by atoms with van der Waals surface area (Å²) in [6, 6.07) is 15.6. The van der Waals surface area contributed by atoms with E-state index in [2.05, 4.69) is 21.0 Å². The Morgan fingerprint density at radius 3 is 2.41 bits per heavy atom. The molecule has 0 aliphatic rings. The molecule has 0 unspecified atom stereocenters. The number of halogens is 3. The molecular formula is C27H21F3N6O. The molecular weight excluding hydrogens is 481 g/mol. The van der Waals surface area contributed by atoms with E-state index in [0.717, 1.165) is 11.6 Å². The van der Waals surface area contributed by atoms with Crippen LogP contribution in [0.4, 0.5) is 13.2 Å². The quantitative estimate of drug-likeness (QED) is 0.346. The fourth-order valence-corrected chi connectivity index (χ4v) is 4.16. The number of benzene rings is 1. The van der Waals surface area contributed by atoms with E-state index in [0.29, 0.717) is 33.6 Å². The van der Waals surface area contributed by atoms with E-state index in [-0.39, 0.29) is 11.3 Å². The first-order chi connectivity index (χ1) is 17.5. The predicted molar refractivity (Wildman–Crippen MR) is 133 cm³/mol. The number of aromatic amines is 1. The summed E-state index contributed by atoms with van der Waals surface area (Å²) in [7, 11) is 1.64. The van der Waals surface area contributed by atoms with Crippen molar-refractivity contribution >= 4 is 11.0 Å². The van der Waals surface area contributed by atoms with Gasteiger partial charge in [0.1, 0.15) is 11.3 Å². The van der Waals surface area contributed by atoms with Gasteiger partial charge >= 0.3 is 11.9 Å². The lowest BCUT2D eigenvalue weighted by molar-refractivity contribution is -0.140. The number of pyridine rings is 2. The van der Waals surface area contributed by atoms with Crippen LogP contribution in [0, 0.1) is 11.3 Å². The molecule has 0 aliphatic carbocycles. The lowest BCUT2D eigenvalue weighted by atomic mass is 9.86. The van der Waals surface area contributed by atoms with Crippen LogP contribution in [0.25, 0.3) is 39.2 Å². The van der Waals surface area contributed by atoms with Gasteiger partial charge in [0, 0.05) is 36.6 Å². The Morgan fingerprint density at radius 1 is 1.00 bits per heavy atom. The molecule has 4 aromatic heterocycles. The zero-order valence-corrected chi connectivity index (χ0v) is 20.1. The number of hydrogen-bond acceptors (Lipinski definition) is 4. The Labute approximate surface area is 209 Å². The highest BCUT2D eigenvalue weighted by molar-refractivity contribution is 5.83.